The first-order valence-corrected chi connectivity index (χ1v) is 14.7. The van der Waals surface area contributed by atoms with Crippen LogP contribution in [0.2, 0.25) is 0 Å². The third kappa shape index (κ3) is 7.48. The van der Waals surface area contributed by atoms with Crippen molar-refractivity contribution < 1.29 is 17.6 Å². The van der Waals surface area contributed by atoms with E-state index in [1.807, 2.05) is 13.8 Å². The lowest BCUT2D eigenvalue weighted by Gasteiger charge is -2.25. The fraction of sp³-hybridized carbons (Fsp3) is 0.462. The van der Waals surface area contributed by atoms with E-state index in [4.69, 9.17) is 0 Å². The first-order chi connectivity index (χ1) is 17.2. The number of likely N-dealkylation sites (N-methyl/N-ethyl adjacent to an activating group) is 1. The summed E-state index contributed by atoms with van der Waals surface area (Å²) in [7, 11) is -3.63. The molecule has 7 nitrogen and oxygen atoms in total. The van der Waals surface area contributed by atoms with E-state index in [9.17, 15) is 17.6 Å². The van der Waals surface area contributed by atoms with Crippen molar-refractivity contribution in [3.63, 3.8) is 0 Å². The Morgan fingerprint density at radius 2 is 1.62 bits per heavy atom. The van der Waals surface area contributed by atoms with Crippen molar-refractivity contribution in [2.75, 3.05) is 44.2 Å². The van der Waals surface area contributed by atoms with Gasteiger partial charge in [0, 0.05) is 31.7 Å². The maximum Gasteiger partial charge on any atom is 0.260 e. The van der Waals surface area contributed by atoms with Gasteiger partial charge in [-0.15, -0.1) is 12.4 Å². The number of amides is 1. The second-order valence-electron chi connectivity index (χ2n) is 8.47. The van der Waals surface area contributed by atoms with Crippen LogP contribution in [0.15, 0.2) is 47.4 Å². The highest BCUT2D eigenvalue weighted by Gasteiger charge is 2.25. The van der Waals surface area contributed by atoms with Crippen LogP contribution in [0.25, 0.3) is 10.2 Å². The number of hydrogen-bond acceptors (Lipinski definition) is 6. The molecule has 0 spiro atoms. The highest BCUT2D eigenvalue weighted by Crippen LogP contribution is 2.30. The molecule has 1 amide bonds. The van der Waals surface area contributed by atoms with Crippen LogP contribution in [0.5, 0.6) is 0 Å². The summed E-state index contributed by atoms with van der Waals surface area (Å²) in [5.74, 6) is -0.625. The molecule has 0 fully saturated rings. The number of nitrogens with zero attached hydrogens (tertiary/aromatic N) is 4. The molecule has 37 heavy (non-hydrogen) atoms. The Morgan fingerprint density at radius 3 is 2.22 bits per heavy atom. The summed E-state index contributed by atoms with van der Waals surface area (Å²) in [5, 5.41) is 0.487. The van der Waals surface area contributed by atoms with Gasteiger partial charge >= 0.3 is 0 Å². The fourth-order valence-corrected chi connectivity index (χ4v) is 6.43. The van der Waals surface area contributed by atoms with Gasteiger partial charge in [0.1, 0.15) is 5.82 Å². The molecule has 0 aliphatic rings. The average Bonchev–Trinajstić information content (AvgIpc) is 3.29. The van der Waals surface area contributed by atoms with Gasteiger partial charge in [0.25, 0.3) is 5.91 Å². The zero-order valence-corrected chi connectivity index (χ0v) is 24.3. The van der Waals surface area contributed by atoms with E-state index in [-0.39, 0.29) is 29.0 Å². The molecule has 0 aliphatic carbocycles. The Bertz CT molecular complexity index is 1260. The second kappa shape index (κ2) is 14.2. The number of hydrogen-bond donors (Lipinski definition) is 0. The molecule has 1 aromatic heterocycles. The molecule has 11 heteroatoms. The van der Waals surface area contributed by atoms with Gasteiger partial charge in [-0.3, -0.25) is 9.69 Å². The van der Waals surface area contributed by atoms with Crippen LogP contribution in [0.3, 0.4) is 0 Å². The van der Waals surface area contributed by atoms with Crippen LogP contribution in [-0.4, -0.2) is 67.8 Å². The number of fused-ring (bicyclic) bond motifs is 1. The standard InChI is InChI=1S/C26H35FN4O3S2.ClH/c1-5-9-16-30(8-4)36(33,34)22-13-10-20(11-14-22)25(32)31(18-17-29(6-2)7-3)26-28-23-15-12-21(27)19-24(23)35-26;/h10-15,19H,5-9,16-18H2,1-4H3;1H. The predicted molar refractivity (Wildman–Crippen MR) is 152 cm³/mol. The van der Waals surface area contributed by atoms with Crippen LogP contribution < -0.4 is 4.90 Å². The molecule has 0 saturated carbocycles. The van der Waals surface area contributed by atoms with E-state index in [1.165, 1.54) is 39.9 Å². The van der Waals surface area contributed by atoms with E-state index in [0.29, 0.717) is 47.1 Å². The number of thiazole rings is 1. The van der Waals surface area contributed by atoms with Crippen LogP contribution in [0.1, 0.15) is 50.9 Å². The summed E-state index contributed by atoms with van der Waals surface area (Å²) >= 11 is 1.26. The Hall–Kier alpha value is -2.11. The largest absolute Gasteiger partial charge is 0.302 e. The summed E-state index contributed by atoms with van der Waals surface area (Å²) in [6, 6.07) is 10.5. The Balaban J connectivity index is 0.00000481. The SMILES string of the molecule is CCCCN(CC)S(=O)(=O)c1ccc(C(=O)N(CCN(CC)CC)c2nc3ccc(F)cc3s2)cc1.Cl. The number of halogens is 2. The monoisotopic (exact) mass is 570 g/mol. The van der Waals surface area contributed by atoms with E-state index < -0.39 is 10.0 Å². The van der Waals surface area contributed by atoms with Gasteiger partial charge in [-0.1, -0.05) is 45.5 Å². The zero-order valence-electron chi connectivity index (χ0n) is 21.8. The molecule has 3 rings (SSSR count). The average molecular weight is 571 g/mol. The molecule has 3 aromatic rings. The molecule has 0 radical (unpaired) electrons. The summed E-state index contributed by atoms with van der Waals surface area (Å²) in [6.07, 6.45) is 1.69. The summed E-state index contributed by atoms with van der Waals surface area (Å²) in [6.45, 7) is 11.6. The van der Waals surface area contributed by atoms with Crippen molar-refractivity contribution in [3.8, 4) is 0 Å². The molecule has 204 valence electrons. The molecule has 1 heterocycles. The number of benzene rings is 2. The zero-order chi connectivity index (χ0) is 26.3. The van der Waals surface area contributed by atoms with E-state index in [1.54, 1.807) is 23.1 Å². The summed E-state index contributed by atoms with van der Waals surface area (Å²) in [4.78, 5) is 22.2. The maximum absolute atomic E-state index is 13.7. The second-order valence-corrected chi connectivity index (χ2v) is 11.4. The minimum absolute atomic E-state index is 0. The molecule has 0 aliphatic heterocycles. The number of aromatic nitrogens is 1. The van der Waals surface area contributed by atoms with Crippen molar-refractivity contribution in [1.29, 1.82) is 0 Å². The van der Waals surface area contributed by atoms with Crippen LogP contribution in [-0.2, 0) is 10.0 Å². The van der Waals surface area contributed by atoms with E-state index in [0.717, 1.165) is 25.9 Å². The van der Waals surface area contributed by atoms with E-state index >= 15 is 0 Å². The Kier molecular flexibility index (Phi) is 11.9. The van der Waals surface area contributed by atoms with Gasteiger partial charge in [-0.25, -0.2) is 17.8 Å². The van der Waals surface area contributed by atoms with Crippen molar-refractivity contribution in [2.45, 2.75) is 45.4 Å². The third-order valence-corrected chi connectivity index (χ3v) is 9.23. The Morgan fingerprint density at radius 1 is 0.946 bits per heavy atom. The number of unbranched alkanes of at least 4 members (excludes halogenated alkanes) is 1. The molecular formula is C26H36ClFN4O3S2. The van der Waals surface area contributed by atoms with Crippen molar-refractivity contribution in [3.05, 3.63) is 53.8 Å². The number of carbonyl (C=O) groups excluding carboxylic acids is 1. The lowest BCUT2D eigenvalue weighted by molar-refractivity contribution is 0.0983. The molecule has 0 N–H and O–H groups in total. The van der Waals surface area contributed by atoms with Crippen LogP contribution in [0, 0.1) is 5.82 Å². The van der Waals surface area contributed by atoms with E-state index in [2.05, 4.69) is 23.7 Å². The topological polar surface area (TPSA) is 73.8 Å². The number of carbonyl (C=O) groups is 1. The highest BCUT2D eigenvalue weighted by atomic mass is 35.5. The Labute approximate surface area is 229 Å². The third-order valence-electron chi connectivity index (χ3n) is 6.20. The lowest BCUT2D eigenvalue weighted by atomic mass is 10.2. The van der Waals surface area contributed by atoms with Crippen LogP contribution >= 0.6 is 23.7 Å². The van der Waals surface area contributed by atoms with Crippen molar-refractivity contribution >= 4 is 55.0 Å². The van der Waals surface area contributed by atoms with Crippen molar-refractivity contribution in [2.24, 2.45) is 0 Å². The number of anilines is 1. The van der Waals surface area contributed by atoms with Crippen LogP contribution in [0.4, 0.5) is 9.52 Å². The molecule has 0 atom stereocenters. The molecule has 2 aromatic carbocycles. The fourth-order valence-electron chi connectivity index (χ4n) is 3.92. The predicted octanol–water partition coefficient (Wildman–Crippen LogP) is 5.66. The number of rotatable bonds is 13. The molecule has 0 bridgehead atoms. The smallest absolute Gasteiger partial charge is 0.260 e. The quantitative estimate of drug-likeness (QED) is 0.265. The van der Waals surface area contributed by atoms with Gasteiger partial charge in [0.15, 0.2) is 5.13 Å². The van der Waals surface area contributed by atoms with Gasteiger partial charge in [0.2, 0.25) is 10.0 Å². The summed E-state index contributed by atoms with van der Waals surface area (Å²) in [5.41, 5.74) is 1.00. The minimum atomic E-state index is -3.63. The first kappa shape index (κ1) is 31.1. The van der Waals surface area contributed by atoms with Gasteiger partial charge < -0.3 is 4.90 Å². The highest BCUT2D eigenvalue weighted by molar-refractivity contribution is 7.89. The number of sulfonamides is 1. The first-order valence-electron chi connectivity index (χ1n) is 12.5. The van der Waals surface area contributed by atoms with Gasteiger partial charge in [-0.2, -0.15) is 4.31 Å². The summed E-state index contributed by atoms with van der Waals surface area (Å²) < 4.78 is 42.0. The molecule has 0 saturated heterocycles. The lowest BCUT2D eigenvalue weighted by Crippen LogP contribution is -2.39. The van der Waals surface area contributed by atoms with Crippen molar-refractivity contribution in [1.82, 2.24) is 14.2 Å². The van der Waals surface area contributed by atoms with Gasteiger partial charge in [0.05, 0.1) is 15.1 Å². The molecule has 0 unspecified atom stereocenters. The maximum atomic E-state index is 13.7. The normalized spacial score (nSPS) is 11.8. The van der Waals surface area contributed by atoms with Gasteiger partial charge in [-0.05, 0) is 62.0 Å². The molecular weight excluding hydrogens is 535 g/mol. The minimum Gasteiger partial charge on any atom is -0.302 e.